The van der Waals surface area contributed by atoms with Crippen molar-refractivity contribution in [3.8, 4) is 0 Å². The fourth-order valence-electron chi connectivity index (χ4n) is 3.21. The minimum atomic E-state index is -0.00309. The third-order valence-corrected chi connectivity index (χ3v) is 4.95. The number of benzene rings is 2. The second kappa shape index (κ2) is 7.35. The first-order valence-corrected chi connectivity index (χ1v) is 9.10. The standard InChI is InChI=1S/C19H20ClN5O/c20-15-5-1-2-6-16(15)22-13-7-8-14-17(10-13)24-25-18(14)23-19(26)12-4-3-9-21-11-12/h1-2,5-8,10,12,21-22H,3-4,9,11H2,(H2,23,24,25,26). The van der Waals surface area contributed by atoms with E-state index in [-0.39, 0.29) is 11.8 Å². The first kappa shape index (κ1) is 16.9. The van der Waals surface area contributed by atoms with Crippen LogP contribution in [0, 0.1) is 5.92 Å². The number of carbonyl (C=O) groups is 1. The third kappa shape index (κ3) is 3.52. The fourth-order valence-corrected chi connectivity index (χ4v) is 3.39. The topological polar surface area (TPSA) is 81.8 Å². The summed E-state index contributed by atoms with van der Waals surface area (Å²) in [4.78, 5) is 12.4. The van der Waals surface area contributed by atoms with Crippen LogP contribution in [0.25, 0.3) is 10.9 Å². The summed E-state index contributed by atoms with van der Waals surface area (Å²) < 4.78 is 0. The molecule has 1 aromatic heterocycles. The van der Waals surface area contributed by atoms with Gasteiger partial charge in [-0.3, -0.25) is 9.89 Å². The number of aromatic amines is 1. The van der Waals surface area contributed by atoms with Gasteiger partial charge in [-0.15, -0.1) is 0 Å². The van der Waals surface area contributed by atoms with E-state index in [1.165, 1.54) is 0 Å². The largest absolute Gasteiger partial charge is 0.354 e. The van der Waals surface area contributed by atoms with Gasteiger partial charge in [-0.25, -0.2) is 0 Å². The second-order valence-electron chi connectivity index (χ2n) is 6.47. The highest BCUT2D eigenvalue weighted by Gasteiger charge is 2.22. The molecule has 0 radical (unpaired) electrons. The molecule has 1 aliphatic heterocycles. The van der Waals surface area contributed by atoms with E-state index in [1.54, 1.807) is 0 Å². The van der Waals surface area contributed by atoms with Gasteiger partial charge in [0.2, 0.25) is 5.91 Å². The van der Waals surface area contributed by atoms with E-state index in [9.17, 15) is 4.79 Å². The summed E-state index contributed by atoms with van der Waals surface area (Å²) in [6.07, 6.45) is 1.93. The van der Waals surface area contributed by atoms with E-state index in [1.807, 2.05) is 42.5 Å². The molecule has 6 nitrogen and oxygen atoms in total. The number of halogens is 1. The van der Waals surface area contributed by atoms with E-state index in [0.29, 0.717) is 10.8 Å². The molecular formula is C19H20ClN5O. The predicted octanol–water partition coefficient (Wildman–Crippen LogP) is 3.90. The Labute approximate surface area is 156 Å². The molecule has 0 bridgehead atoms. The Balaban J connectivity index is 1.52. The number of carbonyl (C=O) groups excluding carboxylic acids is 1. The maximum atomic E-state index is 12.4. The minimum Gasteiger partial charge on any atom is -0.354 e. The van der Waals surface area contributed by atoms with E-state index in [2.05, 4.69) is 26.1 Å². The van der Waals surface area contributed by atoms with Crippen LogP contribution >= 0.6 is 11.6 Å². The zero-order chi connectivity index (χ0) is 17.9. The number of nitrogens with zero attached hydrogens (tertiary/aromatic N) is 1. The maximum Gasteiger partial charge on any atom is 0.229 e. The number of amides is 1. The number of rotatable bonds is 4. The first-order valence-electron chi connectivity index (χ1n) is 8.72. The molecule has 1 amide bonds. The molecule has 134 valence electrons. The van der Waals surface area contributed by atoms with Crippen molar-refractivity contribution in [3.05, 3.63) is 47.5 Å². The highest BCUT2D eigenvalue weighted by atomic mass is 35.5. The van der Waals surface area contributed by atoms with Crippen molar-refractivity contribution in [1.82, 2.24) is 15.5 Å². The number of para-hydroxylation sites is 1. The highest BCUT2D eigenvalue weighted by Crippen LogP contribution is 2.28. The van der Waals surface area contributed by atoms with Gasteiger partial charge in [-0.1, -0.05) is 23.7 Å². The average molecular weight is 370 g/mol. The van der Waals surface area contributed by atoms with Crippen molar-refractivity contribution in [2.45, 2.75) is 12.8 Å². The third-order valence-electron chi connectivity index (χ3n) is 4.62. The molecule has 4 N–H and O–H groups in total. The number of H-pyrrole nitrogens is 1. The van der Waals surface area contributed by atoms with Crippen LogP contribution in [0.2, 0.25) is 5.02 Å². The Morgan fingerprint density at radius 2 is 2.12 bits per heavy atom. The number of fused-ring (bicyclic) bond motifs is 1. The van der Waals surface area contributed by atoms with Crippen LogP contribution < -0.4 is 16.0 Å². The van der Waals surface area contributed by atoms with Gasteiger partial charge in [-0.05, 0) is 49.7 Å². The van der Waals surface area contributed by atoms with Gasteiger partial charge in [0.15, 0.2) is 5.82 Å². The normalized spacial score (nSPS) is 17.2. The van der Waals surface area contributed by atoms with Crippen LogP contribution in [-0.4, -0.2) is 29.2 Å². The first-order chi connectivity index (χ1) is 12.7. The summed E-state index contributed by atoms with van der Waals surface area (Å²) >= 11 is 6.19. The summed E-state index contributed by atoms with van der Waals surface area (Å²) in [6.45, 7) is 1.70. The molecule has 2 heterocycles. The molecule has 0 saturated carbocycles. The lowest BCUT2D eigenvalue weighted by Crippen LogP contribution is -2.37. The van der Waals surface area contributed by atoms with Crippen LogP contribution in [0.3, 0.4) is 0 Å². The zero-order valence-corrected chi connectivity index (χ0v) is 14.9. The van der Waals surface area contributed by atoms with E-state index >= 15 is 0 Å². The molecule has 4 rings (SSSR count). The molecule has 1 unspecified atom stereocenters. The lowest BCUT2D eigenvalue weighted by Gasteiger charge is -2.21. The SMILES string of the molecule is O=C(Nc1n[nH]c2cc(Nc3ccccc3Cl)ccc12)C1CCCNC1. The Bertz CT molecular complexity index is 933. The Kier molecular flexibility index (Phi) is 4.77. The van der Waals surface area contributed by atoms with Gasteiger partial charge in [-0.2, -0.15) is 5.10 Å². The van der Waals surface area contributed by atoms with Crippen LogP contribution in [-0.2, 0) is 4.79 Å². The summed E-state index contributed by atoms with van der Waals surface area (Å²) in [5, 5.41) is 18.3. The fraction of sp³-hybridized carbons (Fsp3) is 0.263. The van der Waals surface area contributed by atoms with Gasteiger partial charge in [0.25, 0.3) is 0 Å². The smallest absolute Gasteiger partial charge is 0.229 e. The summed E-state index contributed by atoms with van der Waals surface area (Å²) in [5.41, 5.74) is 2.58. The highest BCUT2D eigenvalue weighted by molar-refractivity contribution is 6.33. The van der Waals surface area contributed by atoms with E-state index < -0.39 is 0 Å². The molecule has 7 heteroatoms. The van der Waals surface area contributed by atoms with Crippen LogP contribution in [0.5, 0.6) is 0 Å². The zero-order valence-electron chi connectivity index (χ0n) is 14.2. The van der Waals surface area contributed by atoms with Crippen molar-refractivity contribution in [2.24, 2.45) is 5.92 Å². The van der Waals surface area contributed by atoms with Crippen molar-refractivity contribution in [1.29, 1.82) is 0 Å². The molecule has 0 aliphatic carbocycles. The van der Waals surface area contributed by atoms with Gasteiger partial charge in [0, 0.05) is 17.6 Å². The van der Waals surface area contributed by atoms with Gasteiger partial charge >= 0.3 is 0 Å². The Morgan fingerprint density at radius 3 is 2.92 bits per heavy atom. The molecule has 1 atom stereocenters. The Morgan fingerprint density at radius 1 is 1.23 bits per heavy atom. The molecule has 1 aliphatic rings. The van der Waals surface area contributed by atoms with E-state index in [0.717, 1.165) is 48.2 Å². The number of hydrogen-bond acceptors (Lipinski definition) is 4. The summed E-state index contributed by atoms with van der Waals surface area (Å²) in [7, 11) is 0. The van der Waals surface area contributed by atoms with Crippen LogP contribution in [0.1, 0.15) is 12.8 Å². The lowest BCUT2D eigenvalue weighted by molar-refractivity contribution is -0.120. The van der Waals surface area contributed by atoms with Crippen molar-refractivity contribution < 1.29 is 4.79 Å². The average Bonchev–Trinajstić information content (AvgIpc) is 3.06. The van der Waals surface area contributed by atoms with Gasteiger partial charge in [0.1, 0.15) is 0 Å². The van der Waals surface area contributed by atoms with Crippen molar-refractivity contribution in [3.63, 3.8) is 0 Å². The van der Waals surface area contributed by atoms with Crippen molar-refractivity contribution in [2.75, 3.05) is 23.7 Å². The van der Waals surface area contributed by atoms with E-state index in [4.69, 9.17) is 11.6 Å². The predicted molar refractivity (Wildman–Crippen MR) is 105 cm³/mol. The maximum absolute atomic E-state index is 12.4. The quantitative estimate of drug-likeness (QED) is 0.562. The molecule has 2 aromatic carbocycles. The summed E-state index contributed by atoms with van der Waals surface area (Å²) in [6, 6.07) is 13.4. The monoisotopic (exact) mass is 369 g/mol. The van der Waals surface area contributed by atoms with Gasteiger partial charge < -0.3 is 16.0 Å². The molecular weight excluding hydrogens is 350 g/mol. The second-order valence-corrected chi connectivity index (χ2v) is 6.88. The molecule has 1 saturated heterocycles. The summed E-state index contributed by atoms with van der Waals surface area (Å²) in [5.74, 6) is 0.584. The number of hydrogen-bond donors (Lipinski definition) is 4. The van der Waals surface area contributed by atoms with Gasteiger partial charge in [0.05, 0.1) is 22.1 Å². The van der Waals surface area contributed by atoms with Crippen LogP contribution in [0.4, 0.5) is 17.2 Å². The molecule has 0 spiro atoms. The minimum absolute atomic E-state index is 0.00309. The lowest BCUT2D eigenvalue weighted by atomic mass is 9.99. The molecule has 1 fully saturated rings. The number of aromatic nitrogens is 2. The molecule has 3 aromatic rings. The number of piperidine rings is 1. The Hall–Kier alpha value is -2.57. The number of nitrogens with one attached hydrogen (secondary N) is 4. The van der Waals surface area contributed by atoms with Crippen molar-refractivity contribution >= 4 is 45.6 Å². The molecule has 26 heavy (non-hydrogen) atoms. The van der Waals surface area contributed by atoms with Crippen LogP contribution in [0.15, 0.2) is 42.5 Å². The number of anilines is 3.